The number of alkyl carbamates (subject to hydrolysis) is 1. The van der Waals surface area contributed by atoms with Gasteiger partial charge in [0.1, 0.15) is 17.0 Å². The number of benzene rings is 2. The van der Waals surface area contributed by atoms with Crippen molar-refractivity contribution in [2.45, 2.75) is 83.7 Å². The first-order chi connectivity index (χ1) is 25.8. The summed E-state index contributed by atoms with van der Waals surface area (Å²) in [5.74, 6) is 0.850. The summed E-state index contributed by atoms with van der Waals surface area (Å²) in [5, 5.41) is 2.83. The Bertz CT molecular complexity index is 1960. The van der Waals surface area contributed by atoms with Crippen molar-refractivity contribution in [3.63, 3.8) is 0 Å². The molecule has 6 atom stereocenters. The van der Waals surface area contributed by atoms with Gasteiger partial charge in [-0.1, -0.05) is 94.8 Å². The molecule has 13 heteroatoms. The fraction of sp³-hybridized carbons (Fsp3) is 0.488. The van der Waals surface area contributed by atoms with Crippen LogP contribution in [0.4, 0.5) is 4.79 Å². The summed E-state index contributed by atoms with van der Waals surface area (Å²) in [6.07, 6.45) is 5.66. The number of carbonyl (C=O) groups excluding carboxylic acids is 3. The second kappa shape index (κ2) is 16.6. The third-order valence-corrected chi connectivity index (χ3v) is 12.8. The van der Waals surface area contributed by atoms with Gasteiger partial charge in [0.15, 0.2) is 0 Å². The average Bonchev–Trinajstić information content (AvgIpc) is 3.99. The first-order valence-electron chi connectivity index (χ1n) is 18.8. The molecule has 2 N–H and O–H groups in total. The number of methoxy groups -OCH3 is 1. The second-order valence-electron chi connectivity index (χ2n) is 15.3. The number of imidazole rings is 1. The van der Waals surface area contributed by atoms with Crippen LogP contribution in [0.3, 0.4) is 0 Å². The fourth-order valence-electron chi connectivity index (χ4n) is 7.60. The molecule has 2 aromatic carbocycles. The van der Waals surface area contributed by atoms with Crippen molar-refractivity contribution in [3.8, 4) is 22.4 Å². The van der Waals surface area contributed by atoms with E-state index in [9.17, 15) is 18.6 Å². The van der Waals surface area contributed by atoms with Crippen LogP contribution in [0.15, 0.2) is 64.9 Å². The minimum Gasteiger partial charge on any atom is -0.453 e. The van der Waals surface area contributed by atoms with E-state index in [1.54, 1.807) is 11.2 Å². The number of likely N-dealkylation sites (tertiary alicyclic amines) is 2. The van der Waals surface area contributed by atoms with E-state index in [0.717, 1.165) is 64.4 Å². The Hall–Kier alpha value is -4.29. The van der Waals surface area contributed by atoms with E-state index >= 15 is 0 Å². The molecule has 2 fully saturated rings. The Morgan fingerprint density at radius 3 is 2.13 bits per heavy atom. The fourth-order valence-corrected chi connectivity index (χ4v) is 8.70. The lowest BCUT2D eigenvalue weighted by atomic mass is 9.95. The number of aromatic nitrogens is 2. The summed E-state index contributed by atoms with van der Waals surface area (Å²) in [5.41, 5.74) is 6.59. The Morgan fingerprint density at radius 1 is 0.907 bits per heavy atom. The number of hydrogen-bond acceptors (Lipinski definition) is 7. The molecule has 1 unspecified atom stereocenters. The van der Waals surface area contributed by atoms with Crippen LogP contribution in [0, 0.1) is 17.8 Å². The highest BCUT2D eigenvalue weighted by Crippen LogP contribution is 2.38. The van der Waals surface area contributed by atoms with E-state index in [1.807, 2.05) is 44.0 Å². The molecule has 1 aromatic heterocycles. The van der Waals surface area contributed by atoms with Crippen LogP contribution < -0.4 is 5.32 Å². The van der Waals surface area contributed by atoms with Crippen molar-refractivity contribution in [2.75, 3.05) is 26.5 Å². The average molecular weight is 775 g/mol. The minimum absolute atomic E-state index is 0.0240. The van der Waals surface area contributed by atoms with E-state index in [0.29, 0.717) is 30.5 Å². The van der Waals surface area contributed by atoms with Crippen LogP contribution in [0.1, 0.15) is 77.7 Å². The van der Waals surface area contributed by atoms with E-state index in [-0.39, 0.29) is 34.9 Å². The van der Waals surface area contributed by atoms with E-state index in [1.165, 1.54) is 7.11 Å². The van der Waals surface area contributed by atoms with Crippen molar-refractivity contribution in [1.29, 1.82) is 0 Å². The van der Waals surface area contributed by atoms with Crippen molar-refractivity contribution >= 4 is 51.6 Å². The third-order valence-electron chi connectivity index (χ3n) is 11.2. The number of hydrogen-bond donors (Lipinski definition) is 2. The summed E-state index contributed by atoms with van der Waals surface area (Å²) < 4.78 is 17.4. The molecular weight excluding hydrogens is 724 g/mol. The maximum atomic E-state index is 13.8. The summed E-state index contributed by atoms with van der Waals surface area (Å²) >= 11 is 6.77. The molecule has 54 heavy (non-hydrogen) atoms. The molecule has 4 heterocycles. The highest BCUT2D eigenvalue weighted by molar-refractivity contribution is 7.84. The van der Waals surface area contributed by atoms with Gasteiger partial charge in [-0.25, -0.2) is 14.8 Å². The Morgan fingerprint density at radius 2 is 1.54 bits per heavy atom. The monoisotopic (exact) mass is 774 g/mol. The molecule has 6 rings (SSSR count). The Kier molecular flexibility index (Phi) is 12.1. The van der Waals surface area contributed by atoms with E-state index < -0.39 is 29.0 Å². The third kappa shape index (κ3) is 8.19. The first kappa shape index (κ1) is 39.4. The van der Waals surface area contributed by atoms with Crippen LogP contribution in [0.5, 0.6) is 0 Å². The molecule has 0 bridgehead atoms. The predicted octanol–water partition coefficient (Wildman–Crippen LogP) is 7.18. The maximum absolute atomic E-state index is 13.8. The van der Waals surface area contributed by atoms with Crippen LogP contribution in [0.2, 0.25) is 0 Å². The van der Waals surface area contributed by atoms with Gasteiger partial charge in [-0.2, -0.15) is 0 Å². The highest BCUT2D eigenvalue weighted by Gasteiger charge is 2.44. The number of allylic oxidation sites excluding steroid dienone is 1. The zero-order chi connectivity index (χ0) is 38.8. The molecule has 0 saturated carbocycles. The number of H-pyrrole nitrogens is 1. The number of aliphatic imine (C=N–C) groups is 1. The topological polar surface area (TPSA) is 137 Å². The van der Waals surface area contributed by atoms with Crippen LogP contribution in [-0.4, -0.2) is 91.4 Å². The van der Waals surface area contributed by atoms with Gasteiger partial charge in [-0.05, 0) is 53.4 Å². The van der Waals surface area contributed by atoms with Gasteiger partial charge in [-0.3, -0.25) is 13.8 Å². The summed E-state index contributed by atoms with van der Waals surface area (Å²) in [6.45, 7) is 11.0. The SMILES string of the molecule is COC(=O)N[C@H](C(=O)N1C[C@@H](S(C)=O)C[C@H]1C1=NC(Cl)=C(c2ccc(-c3ccc(-c4cnc([C@@H]5CCCN5C(=O)[C@@H](C)C(C)C)[nH]4)cc3)cc2)C1)C(C)C. The van der Waals surface area contributed by atoms with Gasteiger partial charge >= 0.3 is 6.09 Å². The lowest BCUT2D eigenvalue weighted by Gasteiger charge is -2.31. The number of carbonyl (C=O) groups is 3. The summed E-state index contributed by atoms with van der Waals surface area (Å²) in [7, 11) is 0.110. The number of nitrogens with one attached hydrogen (secondary N) is 2. The molecule has 11 nitrogen and oxygen atoms in total. The van der Waals surface area contributed by atoms with Crippen molar-refractivity contribution < 1.29 is 23.3 Å². The number of halogens is 1. The minimum atomic E-state index is -1.15. The van der Waals surface area contributed by atoms with Gasteiger partial charge in [0, 0.05) is 53.8 Å². The second-order valence-corrected chi connectivity index (χ2v) is 17.4. The van der Waals surface area contributed by atoms with Gasteiger partial charge < -0.3 is 24.8 Å². The van der Waals surface area contributed by atoms with Gasteiger partial charge in [0.05, 0.1) is 36.3 Å². The molecule has 3 amide bonds. The normalized spacial score (nSPS) is 21.8. The zero-order valence-electron chi connectivity index (χ0n) is 32.1. The summed E-state index contributed by atoms with van der Waals surface area (Å²) in [6, 6.07) is 15.3. The predicted molar refractivity (Wildman–Crippen MR) is 214 cm³/mol. The number of ether oxygens (including phenoxy) is 1. The van der Waals surface area contributed by atoms with E-state index in [2.05, 4.69) is 60.5 Å². The lowest BCUT2D eigenvalue weighted by Crippen LogP contribution is -2.53. The van der Waals surface area contributed by atoms with Gasteiger partial charge in [0.2, 0.25) is 11.8 Å². The van der Waals surface area contributed by atoms with Crippen LogP contribution in [0.25, 0.3) is 28.0 Å². The number of amides is 3. The Balaban J connectivity index is 1.13. The lowest BCUT2D eigenvalue weighted by molar-refractivity contribution is -0.137. The molecule has 2 saturated heterocycles. The standard InChI is InChI=1S/C41H51ClN6O5S/c1-23(2)25(5)39(49)47-18-8-9-34(47)38-43-21-33(45-38)29-16-12-27(13-17-29)26-10-14-28(15-11-26)31-20-32(44-37(31)42)35-19-30(54(7)52)22-48(35)40(50)36(24(3)4)46-41(51)53-6/h10-17,21,23-25,30,34-36H,8-9,18-20,22H2,1-7H3,(H,43,45)(H,46,51)/t25-,30-,34-,35-,36-,54?/m0/s1. The van der Waals surface area contributed by atoms with Gasteiger partial charge in [0.25, 0.3) is 0 Å². The molecule has 0 radical (unpaired) electrons. The molecule has 3 aliphatic heterocycles. The molecule has 288 valence electrons. The van der Waals surface area contributed by atoms with Crippen LogP contribution in [-0.2, 0) is 25.1 Å². The van der Waals surface area contributed by atoms with Crippen molar-refractivity contribution in [2.24, 2.45) is 22.7 Å². The first-order valence-corrected chi connectivity index (χ1v) is 20.8. The molecule has 0 aliphatic carbocycles. The number of nitrogens with zero attached hydrogens (tertiary/aromatic N) is 4. The molecule has 0 spiro atoms. The smallest absolute Gasteiger partial charge is 0.407 e. The maximum Gasteiger partial charge on any atom is 0.407 e. The van der Waals surface area contributed by atoms with Crippen molar-refractivity contribution in [1.82, 2.24) is 25.1 Å². The number of rotatable bonds is 11. The molecule has 3 aliphatic rings. The number of aromatic amines is 1. The molecular formula is C41H51ClN6O5S. The Labute approximate surface area is 325 Å². The summed E-state index contributed by atoms with van der Waals surface area (Å²) in [4.78, 5) is 55.7. The molecule has 3 aromatic rings. The van der Waals surface area contributed by atoms with Crippen LogP contribution >= 0.6 is 11.6 Å². The quantitative estimate of drug-likeness (QED) is 0.198. The largest absolute Gasteiger partial charge is 0.453 e. The van der Waals surface area contributed by atoms with Gasteiger partial charge in [-0.15, -0.1) is 0 Å². The zero-order valence-corrected chi connectivity index (χ0v) is 33.7. The van der Waals surface area contributed by atoms with Crippen molar-refractivity contribution in [3.05, 3.63) is 71.3 Å². The highest BCUT2D eigenvalue weighted by atomic mass is 35.5. The van der Waals surface area contributed by atoms with E-state index in [4.69, 9.17) is 26.3 Å².